The van der Waals surface area contributed by atoms with E-state index < -0.39 is 23.1 Å². The number of aromatic nitrogens is 3. The van der Waals surface area contributed by atoms with Crippen molar-refractivity contribution in [1.82, 2.24) is 14.1 Å². The zero-order valence-electron chi connectivity index (χ0n) is 24.3. The Kier molecular flexibility index (Phi) is 8.46. The fraction of sp³-hybridized carbons (Fsp3) is 0.323. The Balaban J connectivity index is 1.37. The first-order valence-corrected chi connectivity index (χ1v) is 14.1. The predicted molar refractivity (Wildman–Crippen MR) is 161 cm³/mol. The number of aryl methyl sites for hydroxylation is 1. The van der Waals surface area contributed by atoms with Crippen molar-refractivity contribution in [1.29, 1.82) is 0 Å². The van der Waals surface area contributed by atoms with Crippen molar-refractivity contribution in [3.05, 3.63) is 92.0 Å². The molecule has 0 spiro atoms. The largest absolute Gasteiger partial charge is 0.465 e. The number of urea groups is 1. The molecule has 2 aliphatic rings. The number of H-pyrrole nitrogens is 1. The van der Waals surface area contributed by atoms with Crippen molar-refractivity contribution in [3.8, 4) is 0 Å². The second kappa shape index (κ2) is 12.4. The third-order valence-electron chi connectivity index (χ3n) is 7.51. The van der Waals surface area contributed by atoms with Crippen molar-refractivity contribution in [2.45, 2.75) is 46.1 Å². The average molecular weight is 588 g/mol. The quantitative estimate of drug-likeness (QED) is 0.301. The molecular weight excluding hydrogens is 554 g/mol. The van der Waals surface area contributed by atoms with Crippen LogP contribution in [0.2, 0.25) is 0 Å². The number of nitrogens with one attached hydrogen (secondary N) is 2. The molecule has 2 N–H and O–H groups in total. The second-order valence-electron chi connectivity index (χ2n) is 10.2. The van der Waals surface area contributed by atoms with E-state index in [0.29, 0.717) is 34.7 Å². The number of esters is 2. The highest BCUT2D eigenvalue weighted by molar-refractivity contribution is 6.01. The number of hydrogen-bond donors (Lipinski definition) is 2. The molecule has 12 heteroatoms. The van der Waals surface area contributed by atoms with Crippen molar-refractivity contribution in [3.63, 3.8) is 0 Å². The lowest BCUT2D eigenvalue weighted by Crippen LogP contribution is -2.41. The summed E-state index contributed by atoms with van der Waals surface area (Å²) in [6, 6.07) is 7.91. The molecule has 3 aromatic rings. The Labute approximate surface area is 247 Å². The third-order valence-corrected chi connectivity index (χ3v) is 7.51. The van der Waals surface area contributed by atoms with Crippen LogP contribution >= 0.6 is 0 Å². The number of rotatable bonds is 8. The van der Waals surface area contributed by atoms with E-state index in [4.69, 9.17) is 9.47 Å². The molecule has 2 heterocycles. The number of carbonyl (C=O) groups is 3. The van der Waals surface area contributed by atoms with Gasteiger partial charge in [0.05, 0.1) is 30.2 Å². The number of amides is 2. The van der Waals surface area contributed by atoms with Crippen LogP contribution in [-0.2, 0) is 27.2 Å². The van der Waals surface area contributed by atoms with Gasteiger partial charge in [-0.1, -0.05) is 5.57 Å². The lowest BCUT2D eigenvalue weighted by atomic mass is 9.84. The van der Waals surface area contributed by atoms with Gasteiger partial charge >= 0.3 is 29.1 Å². The predicted octanol–water partition coefficient (Wildman–Crippen LogP) is 3.78. The van der Waals surface area contributed by atoms with E-state index in [-0.39, 0.29) is 25.8 Å². The molecular formula is C31H33N5O7. The molecule has 0 atom stereocenters. The molecule has 0 aliphatic heterocycles. The fourth-order valence-electron chi connectivity index (χ4n) is 5.33. The molecule has 2 aromatic heterocycles. The minimum atomic E-state index is -0.799. The van der Waals surface area contributed by atoms with Gasteiger partial charge < -0.3 is 24.3 Å². The van der Waals surface area contributed by atoms with Crippen LogP contribution in [0.15, 0.2) is 64.0 Å². The monoisotopic (exact) mass is 587 g/mol. The summed E-state index contributed by atoms with van der Waals surface area (Å²) in [7, 11) is 1.65. The van der Waals surface area contributed by atoms with Gasteiger partial charge in [-0.15, -0.1) is 0 Å². The number of nitrogens with zero attached hydrogens (tertiary/aromatic N) is 3. The Bertz CT molecular complexity index is 1760. The van der Waals surface area contributed by atoms with Crippen molar-refractivity contribution in [2.24, 2.45) is 0 Å². The smallest absolute Gasteiger partial charge is 0.338 e. The zero-order valence-corrected chi connectivity index (χ0v) is 24.3. The van der Waals surface area contributed by atoms with Crippen molar-refractivity contribution < 1.29 is 23.9 Å². The van der Waals surface area contributed by atoms with Gasteiger partial charge in [-0.2, -0.15) is 0 Å². The van der Waals surface area contributed by atoms with Gasteiger partial charge in [0.15, 0.2) is 0 Å². The van der Waals surface area contributed by atoms with Crippen LogP contribution in [0.4, 0.5) is 16.2 Å². The van der Waals surface area contributed by atoms with Crippen LogP contribution in [0, 0.1) is 0 Å². The summed E-state index contributed by atoms with van der Waals surface area (Å²) >= 11 is 0. The van der Waals surface area contributed by atoms with Crippen LogP contribution in [0.5, 0.6) is 0 Å². The van der Waals surface area contributed by atoms with Gasteiger partial charge in [0, 0.05) is 42.1 Å². The molecule has 0 bridgehead atoms. The van der Waals surface area contributed by atoms with Crippen molar-refractivity contribution >= 4 is 40.6 Å². The summed E-state index contributed by atoms with van der Waals surface area (Å²) < 4.78 is 13.2. The Morgan fingerprint density at radius 2 is 1.70 bits per heavy atom. The first kappa shape index (κ1) is 29.4. The third kappa shape index (κ3) is 6.08. The van der Waals surface area contributed by atoms with E-state index >= 15 is 0 Å². The number of ether oxygens (including phenoxy) is 2. The molecule has 0 fully saturated rings. The highest BCUT2D eigenvalue weighted by Gasteiger charge is 2.28. The highest BCUT2D eigenvalue weighted by atomic mass is 16.5. The van der Waals surface area contributed by atoms with Crippen LogP contribution in [0.1, 0.15) is 54.9 Å². The molecule has 0 saturated heterocycles. The molecule has 224 valence electrons. The maximum absolute atomic E-state index is 13.0. The molecule has 2 amide bonds. The summed E-state index contributed by atoms with van der Waals surface area (Å²) in [6.45, 7) is 3.52. The maximum atomic E-state index is 13.0. The van der Waals surface area contributed by atoms with E-state index in [1.165, 1.54) is 9.47 Å². The molecule has 43 heavy (non-hydrogen) atoms. The van der Waals surface area contributed by atoms with E-state index in [9.17, 15) is 24.0 Å². The van der Waals surface area contributed by atoms with Gasteiger partial charge in [0.1, 0.15) is 6.54 Å². The number of carbonyl (C=O) groups excluding carboxylic acids is 3. The van der Waals surface area contributed by atoms with Crippen LogP contribution in [-0.4, -0.2) is 52.3 Å². The summed E-state index contributed by atoms with van der Waals surface area (Å²) in [4.78, 5) is 66.6. The van der Waals surface area contributed by atoms with Crippen molar-refractivity contribution in [2.75, 3.05) is 30.5 Å². The number of anilines is 2. The van der Waals surface area contributed by atoms with Gasteiger partial charge in [0.25, 0.3) is 0 Å². The van der Waals surface area contributed by atoms with E-state index in [2.05, 4.69) is 10.3 Å². The fourth-order valence-corrected chi connectivity index (χ4v) is 5.33. The zero-order chi connectivity index (χ0) is 30.7. The number of fused-ring (bicyclic) bond motifs is 2. The standard InChI is InChI=1S/C31H33N5O7/c1-4-42-26(37)18-36-27-24-16-22(12-8-19(24)9-13-25(27)33-28(38)29(36)39)35-15-14-23(17-35)34(3)31(41)32-21-10-6-20(7-11-21)30(40)43-5-2/h6-7,10-11,14-17H,4-5,8-9,12-13,18H2,1-3H3,(H,32,41)(H,33,38). The molecule has 2 aliphatic carbocycles. The van der Waals surface area contributed by atoms with Crippen LogP contribution < -0.4 is 21.3 Å². The highest BCUT2D eigenvalue weighted by Crippen LogP contribution is 2.39. The first-order valence-electron chi connectivity index (χ1n) is 14.1. The summed E-state index contributed by atoms with van der Waals surface area (Å²) in [5.41, 5.74) is 4.06. The summed E-state index contributed by atoms with van der Waals surface area (Å²) in [5, 5.41) is 2.82. The molecule has 12 nitrogen and oxygen atoms in total. The lowest BCUT2D eigenvalue weighted by Gasteiger charge is -2.28. The molecule has 1 aromatic carbocycles. The Hall–Kier alpha value is -5.13. The van der Waals surface area contributed by atoms with Gasteiger partial charge in [-0.05, 0) is 75.9 Å². The molecule has 0 radical (unpaired) electrons. The first-order chi connectivity index (χ1) is 20.7. The molecule has 0 unspecified atom stereocenters. The molecule has 5 rings (SSSR count). The normalized spacial score (nSPS) is 13.9. The van der Waals surface area contributed by atoms with Gasteiger partial charge in [-0.3, -0.25) is 23.9 Å². The second-order valence-corrected chi connectivity index (χ2v) is 10.2. The lowest BCUT2D eigenvalue weighted by molar-refractivity contribution is -0.143. The van der Waals surface area contributed by atoms with Gasteiger partial charge in [0.2, 0.25) is 0 Å². The minimum absolute atomic E-state index is 0.168. The average Bonchev–Trinajstić information content (AvgIpc) is 3.49. The summed E-state index contributed by atoms with van der Waals surface area (Å²) in [6.07, 6.45) is 8.45. The summed E-state index contributed by atoms with van der Waals surface area (Å²) in [5.74, 6) is -1.01. The van der Waals surface area contributed by atoms with E-state index in [0.717, 1.165) is 36.1 Å². The Morgan fingerprint density at radius 3 is 2.42 bits per heavy atom. The number of allylic oxidation sites excluding steroid dienone is 4. The topological polar surface area (TPSA) is 145 Å². The maximum Gasteiger partial charge on any atom is 0.338 e. The Morgan fingerprint density at radius 1 is 0.977 bits per heavy atom. The number of benzene rings is 1. The van der Waals surface area contributed by atoms with E-state index in [1.54, 1.807) is 45.2 Å². The number of aromatic amines is 1. The SMILES string of the molecule is CCOC(=O)Cn1c2c([nH]c(=O)c1=O)CCC1=C2C=C(n2ccc(N(C)C(=O)Nc3ccc(C(=O)OCC)cc3)c2)CC1. The molecule has 0 saturated carbocycles. The van der Waals surface area contributed by atoms with E-state index in [1.807, 2.05) is 29.1 Å². The van der Waals surface area contributed by atoms with Crippen LogP contribution in [0.25, 0.3) is 11.3 Å². The van der Waals surface area contributed by atoms with Gasteiger partial charge in [-0.25, -0.2) is 9.59 Å². The minimum Gasteiger partial charge on any atom is -0.465 e. The number of hydrogen-bond acceptors (Lipinski definition) is 7. The van der Waals surface area contributed by atoms with Crippen LogP contribution in [0.3, 0.4) is 0 Å².